The van der Waals surface area contributed by atoms with Gasteiger partial charge in [-0.1, -0.05) is 41.9 Å². The van der Waals surface area contributed by atoms with Crippen LogP contribution in [0.3, 0.4) is 0 Å². The van der Waals surface area contributed by atoms with Gasteiger partial charge in [0.05, 0.1) is 24.6 Å². The average molecular weight is 654 g/mol. The first-order chi connectivity index (χ1) is 19.0. The van der Waals surface area contributed by atoms with Crippen LogP contribution in [0.2, 0.25) is 5.02 Å². The molecular weight excluding hydrogens is 633 g/mol. The number of para-hydroxylation sites is 1. The van der Waals surface area contributed by atoms with Crippen LogP contribution in [0.25, 0.3) is 22.0 Å². The first-order valence-electron chi connectivity index (χ1n) is 11.9. The number of carbonyl (C=O) groups is 2. The Hall–Kier alpha value is -4.09. The van der Waals surface area contributed by atoms with Crippen LogP contribution in [0.1, 0.15) is 33.5 Å². The summed E-state index contributed by atoms with van der Waals surface area (Å²) in [5.41, 5.74) is 5.82. The molecule has 2 aromatic heterocycles. The van der Waals surface area contributed by atoms with E-state index in [1.54, 1.807) is 30.3 Å². The number of nitrogens with one attached hydrogen (secondary N) is 2. The second kappa shape index (κ2) is 11.7. The zero-order chi connectivity index (χ0) is 27.4. The van der Waals surface area contributed by atoms with E-state index in [-0.39, 0.29) is 11.5 Å². The molecule has 0 aliphatic rings. The van der Waals surface area contributed by atoms with E-state index >= 15 is 0 Å². The highest BCUT2D eigenvalue weighted by molar-refractivity contribution is 14.1. The summed E-state index contributed by atoms with van der Waals surface area (Å²) in [6, 6.07) is 21.3. The molecule has 196 valence electrons. The molecule has 0 unspecified atom stereocenters. The number of esters is 1. The first kappa shape index (κ1) is 26.5. The van der Waals surface area contributed by atoms with Crippen LogP contribution in [0.15, 0.2) is 88.6 Å². The molecule has 5 aromatic rings. The van der Waals surface area contributed by atoms with E-state index in [9.17, 15) is 9.59 Å². The minimum Gasteiger partial charge on any atom is -0.490 e. The van der Waals surface area contributed by atoms with Crippen molar-refractivity contribution in [3.05, 3.63) is 105 Å². The van der Waals surface area contributed by atoms with Crippen molar-refractivity contribution in [2.45, 2.75) is 6.92 Å². The maximum absolute atomic E-state index is 13.3. The Morgan fingerprint density at radius 1 is 1.08 bits per heavy atom. The van der Waals surface area contributed by atoms with Crippen molar-refractivity contribution >= 4 is 63.2 Å². The highest BCUT2D eigenvalue weighted by Crippen LogP contribution is 2.38. The highest BCUT2D eigenvalue weighted by atomic mass is 127. The average Bonchev–Trinajstić information content (AvgIpc) is 3.60. The molecular formula is C29H21ClIN3O5. The molecule has 0 aliphatic carbocycles. The predicted octanol–water partition coefficient (Wildman–Crippen LogP) is 7.07. The summed E-state index contributed by atoms with van der Waals surface area (Å²) in [7, 11) is 0. The van der Waals surface area contributed by atoms with Crippen molar-refractivity contribution in [2.75, 3.05) is 6.61 Å². The molecule has 0 fully saturated rings. The Labute approximate surface area is 242 Å². The third kappa shape index (κ3) is 5.69. The Balaban J connectivity index is 1.39. The maximum Gasteiger partial charge on any atom is 0.379 e. The summed E-state index contributed by atoms with van der Waals surface area (Å²) >= 11 is 8.73. The van der Waals surface area contributed by atoms with Crippen LogP contribution in [0.5, 0.6) is 11.5 Å². The van der Waals surface area contributed by atoms with Gasteiger partial charge in [-0.3, -0.25) is 4.79 Å². The number of furan rings is 1. The van der Waals surface area contributed by atoms with Crippen molar-refractivity contribution < 1.29 is 23.5 Å². The van der Waals surface area contributed by atoms with Crippen LogP contribution >= 0.6 is 34.2 Å². The van der Waals surface area contributed by atoms with Gasteiger partial charge in [0.2, 0.25) is 5.76 Å². The lowest BCUT2D eigenvalue weighted by Gasteiger charge is -2.10. The number of nitrogens with zero attached hydrogens (tertiary/aromatic N) is 1. The number of hydrazone groups is 1. The van der Waals surface area contributed by atoms with Gasteiger partial charge in [0.15, 0.2) is 11.5 Å². The van der Waals surface area contributed by atoms with E-state index in [4.69, 9.17) is 25.5 Å². The molecule has 0 saturated heterocycles. The third-order valence-corrected chi connectivity index (χ3v) is 6.95. The largest absolute Gasteiger partial charge is 0.490 e. The normalized spacial score (nSPS) is 11.2. The second-order valence-electron chi connectivity index (χ2n) is 8.22. The summed E-state index contributed by atoms with van der Waals surface area (Å²) in [4.78, 5) is 28.8. The Morgan fingerprint density at radius 3 is 2.69 bits per heavy atom. The Morgan fingerprint density at radius 2 is 1.92 bits per heavy atom. The SMILES string of the molecule is CCOc1cc(C=NNC(=O)c2[nH]c3c(I)cccc3c2-c2ccccc2Cl)ccc1OC(=O)c1ccco1. The molecule has 1 amide bonds. The minimum absolute atomic E-state index is 0.0774. The number of hydrogen-bond acceptors (Lipinski definition) is 6. The summed E-state index contributed by atoms with van der Waals surface area (Å²) in [6.07, 6.45) is 2.86. The molecule has 0 aliphatic heterocycles. The van der Waals surface area contributed by atoms with Crippen molar-refractivity contribution in [2.24, 2.45) is 5.10 Å². The number of amides is 1. The number of carbonyl (C=O) groups excluding carboxylic acids is 2. The zero-order valence-corrected chi connectivity index (χ0v) is 23.4. The number of H-pyrrole nitrogens is 1. The number of rotatable bonds is 8. The summed E-state index contributed by atoms with van der Waals surface area (Å²) in [5.74, 6) is -0.414. The van der Waals surface area contributed by atoms with E-state index in [1.165, 1.54) is 18.5 Å². The number of benzene rings is 3. The van der Waals surface area contributed by atoms with E-state index in [0.29, 0.717) is 34.2 Å². The molecule has 0 radical (unpaired) electrons. The lowest BCUT2D eigenvalue weighted by molar-refractivity contribution is 0.0695. The van der Waals surface area contributed by atoms with Crippen molar-refractivity contribution in [1.82, 2.24) is 10.4 Å². The molecule has 8 nitrogen and oxygen atoms in total. The van der Waals surface area contributed by atoms with Crippen molar-refractivity contribution in [1.29, 1.82) is 0 Å². The molecule has 39 heavy (non-hydrogen) atoms. The summed E-state index contributed by atoms with van der Waals surface area (Å²) in [6.45, 7) is 2.17. The van der Waals surface area contributed by atoms with Crippen LogP contribution < -0.4 is 14.9 Å². The standard InChI is InChI=1S/C29H21ClIN3O5/c1-2-37-24-15-17(12-13-22(24)39-29(36)23-11-6-14-38-23)16-32-34-28(35)27-25(18-7-3-4-9-20(18)30)19-8-5-10-21(31)26(19)33-27/h3-16,33H,2H2,1H3,(H,34,35). The van der Waals surface area contributed by atoms with E-state index in [1.807, 2.05) is 43.3 Å². The fraction of sp³-hybridized carbons (Fsp3) is 0.0690. The fourth-order valence-corrected chi connectivity index (χ4v) is 4.88. The van der Waals surface area contributed by atoms with Gasteiger partial charge in [0.25, 0.3) is 5.91 Å². The molecule has 2 heterocycles. The predicted molar refractivity (Wildman–Crippen MR) is 158 cm³/mol. The smallest absolute Gasteiger partial charge is 0.379 e. The molecule has 0 saturated carbocycles. The minimum atomic E-state index is -0.642. The van der Waals surface area contributed by atoms with Crippen LogP contribution in [-0.2, 0) is 0 Å². The van der Waals surface area contributed by atoms with Gasteiger partial charge in [-0.05, 0) is 77.5 Å². The van der Waals surface area contributed by atoms with Gasteiger partial charge < -0.3 is 18.9 Å². The first-order valence-corrected chi connectivity index (χ1v) is 13.3. The molecule has 0 atom stereocenters. The molecule has 10 heteroatoms. The van der Waals surface area contributed by atoms with Gasteiger partial charge in [0, 0.05) is 25.1 Å². The second-order valence-corrected chi connectivity index (χ2v) is 9.79. The van der Waals surface area contributed by atoms with Gasteiger partial charge in [0.1, 0.15) is 5.69 Å². The summed E-state index contributed by atoms with van der Waals surface area (Å²) in [5, 5.41) is 5.56. The van der Waals surface area contributed by atoms with Crippen molar-refractivity contribution in [3.63, 3.8) is 0 Å². The zero-order valence-electron chi connectivity index (χ0n) is 20.5. The lowest BCUT2D eigenvalue weighted by Crippen LogP contribution is -2.19. The van der Waals surface area contributed by atoms with E-state index in [0.717, 1.165) is 20.0 Å². The van der Waals surface area contributed by atoms with Gasteiger partial charge >= 0.3 is 5.97 Å². The quantitative estimate of drug-likeness (QED) is 0.0613. The molecule has 3 aromatic carbocycles. The van der Waals surface area contributed by atoms with Crippen LogP contribution in [0, 0.1) is 3.57 Å². The van der Waals surface area contributed by atoms with Crippen LogP contribution in [-0.4, -0.2) is 29.7 Å². The Bertz CT molecular complexity index is 1690. The maximum atomic E-state index is 13.3. The highest BCUT2D eigenvalue weighted by Gasteiger charge is 2.22. The topological polar surface area (TPSA) is 106 Å². The fourth-order valence-electron chi connectivity index (χ4n) is 4.02. The van der Waals surface area contributed by atoms with Gasteiger partial charge in [-0.2, -0.15) is 5.10 Å². The van der Waals surface area contributed by atoms with Gasteiger partial charge in [-0.25, -0.2) is 10.2 Å². The summed E-state index contributed by atoms with van der Waals surface area (Å²) < 4.78 is 17.1. The molecule has 5 rings (SSSR count). The van der Waals surface area contributed by atoms with Gasteiger partial charge in [-0.15, -0.1) is 0 Å². The third-order valence-electron chi connectivity index (χ3n) is 5.73. The number of fused-ring (bicyclic) bond motifs is 1. The molecule has 0 spiro atoms. The number of aromatic nitrogens is 1. The van der Waals surface area contributed by atoms with E-state index < -0.39 is 11.9 Å². The number of hydrogen-bond donors (Lipinski definition) is 2. The van der Waals surface area contributed by atoms with Crippen LogP contribution in [0.4, 0.5) is 0 Å². The monoisotopic (exact) mass is 653 g/mol. The van der Waals surface area contributed by atoms with Crippen molar-refractivity contribution in [3.8, 4) is 22.6 Å². The number of ether oxygens (including phenoxy) is 2. The van der Waals surface area contributed by atoms with E-state index in [2.05, 4.69) is 38.1 Å². The molecule has 0 bridgehead atoms. The number of halogens is 2. The lowest BCUT2D eigenvalue weighted by atomic mass is 10.0. The Kier molecular flexibility index (Phi) is 7.99. The molecule has 2 N–H and O–H groups in total. The number of aromatic amines is 1.